The molecule has 0 spiro atoms. The van der Waals surface area contributed by atoms with Gasteiger partial charge in [0.2, 0.25) is 3.79 Å². The lowest BCUT2D eigenvalue weighted by Crippen LogP contribution is -2.56. The molecular weight excluding hydrogens is 544 g/mol. The van der Waals surface area contributed by atoms with Crippen molar-refractivity contribution in [3.8, 4) is 5.75 Å². The Labute approximate surface area is 191 Å². The molecule has 3 N–H and O–H groups in total. The van der Waals surface area contributed by atoms with Gasteiger partial charge in [-0.3, -0.25) is 4.79 Å². The zero-order valence-electron chi connectivity index (χ0n) is 13.9. The third-order valence-corrected chi connectivity index (χ3v) is 4.86. The van der Waals surface area contributed by atoms with E-state index < -0.39 is 15.9 Å². The number of carbonyl (C=O) groups excluding carboxylic acids is 1. The largest absolute Gasteiger partial charge is 0.497 e. The van der Waals surface area contributed by atoms with E-state index in [1.807, 2.05) is 6.07 Å². The number of rotatable bonds is 5. The summed E-state index contributed by atoms with van der Waals surface area (Å²) in [5.41, 5.74) is 1.15. The Morgan fingerprint density at radius 1 is 1.15 bits per heavy atom. The van der Waals surface area contributed by atoms with E-state index in [1.165, 1.54) is 0 Å². The lowest BCUT2D eigenvalue weighted by atomic mass is 10.2. The third kappa shape index (κ3) is 7.15. The number of nitrogens with one attached hydrogen (secondary N) is 3. The summed E-state index contributed by atoms with van der Waals surface area (Å²) in [4.78, 5) is 12.5. The summed E-state index contributed by atoms with van der Waals surface area (Å²) in [6.45, 7) is 0. The quantitative estimate of drug-likeness (QED) is 0.215. The number of benzene rings is 2. The van der Waals surface area contributed by atoms with Crippen LogP contribution in [0.1, 0.15) is 10.4 Å². The second-order valence-electron chi connectivity index (χ2n) is 5.29. The highest BCUT2D eigenvalue weighted by atomic mass is 127. The summed E-state index contributed by atoms with van der Waals surface area (Å²) in [6, 6.07) is 14.1. The molecule has 144 valence electrons. The summed E-state index contributed by atoms with van der Waals surface area (Å²) < 4.78 is 4.18. The van der Waals surface area contributed by atoms with Crippen molar-refractivity contribution in [3.05, 3.63) is 57.7 Å². The molecule has 0 saturated carbocycles. The molecule has 5 nitrogen and oxygen atoms in total. The molecule has 2 aromatic rings. The fourth-order valence-corrected chi connectivity index (χ4v) is 3.12. The first-order valence-corrected chi connectivity index (χ1v) is 10.2. The van der Waals surface area contributed by atoms with E-state index in [0.29, 0.717) is 17.0 Å². The molecule has 0 saturated heterocycles. The van der Waals surface area contributed by atoms with E-state index in [2.05, 4.69) is 38.5 Å². The molecular formula is C17H15Cl3IN3O2S. The van der Waals surface area contributed by atoms with Gasteiger partial charge in [-0.2, -0.15) is 0 Å². The first-order chi connectivity index (χ1) is 12.7. The van der Waals surface area contributed by atoms with Gasteiger partial charge in [0.15, 0.2) is 5.11 Å². The normalized spacial score (nSPS) is 12.0. The van der Waals surface area contributed by atoms with Gasteiger partial charge >= 0.3 is 0 Å². The molecule has 1 amide bonds. The maximum Gasteiger partial charge on any atom is 0.253 e. The van der Waals surface area contributed by atoms with Crippen LogP contribution in [-0.2, 0) is 0 Å². The van der Waals surface area contributed by atoms with Crippen molar-refractivity contribution in [1.82, 2.24) is 10.6 Å². The van der Waals surface area contributed by atoms with E-state index in [4.69, 9.17) is 51.8 Å². The second-order valence-corrected chi connectivity index (χ2v) is 9.31. The SMILES string of the molecule is COc1ccc(NC(=S)NC(NC(=O)c2cccc(I)c2)C(Cl)(Cl)Cl)cc1. The second kappa shape index (κ2) is 9.97. The lowest BCUT2D eigenvalue weighted by molar-refractivity contribution is 0.0934. The summed E-state index contributed by atoms with van der Waals surface area (Å²) in [6.07, 6.45) is -1.05. The Hall–Kier alpha value is -1.000. The number of ether oxygens (including phenoxy) is 1. The number of anilines is 1. The maximum atomic E-state index is 12.5. The summed E-state index contributed by atoms with van der Waals surface area (Å²) >= 11 is 25.4. The molecule has 1 atom stereocenters. The van der Waals surface area contributed by atoms with Crippen LogP contribution in [0.5, 0.6) is 5.75 Å². The Kier molecular flexibility index (Phi) is 8.23. The van der Waals surface area contributed by atoms with Gasteiger partial charge < -0.3 is 20.7 Å². The van der Waals surface area contributed by atoms with Crippen molar-refractivity contribution in [2.45, 2.75) is 9.96 Å². The minimum Gasteiger partial charge on any atom is -0.497 e. The molecule has 0 fully saturated rings. The number of thiocarbonyl (C=S) groups is 1. The molecule has 27 heavy (non-hydrogen) atoms. The molecule has 0 aliphatic heterocycles. The number of halogens is 4. The van der Waals surface area contributed by atoms with Gasteiger partial charge in [-0.15, -0.1) is 0 Å². The van der Waals surface area contributed by atoms with Gasteiger partial charge in [-0.1, -0.05) is 40.9 Å². The summed E-state index contributed by atoms with van der Waals surface area (Å²) in [7, 11) is 1.58. The average Bonchev–Trinajstić information content (AvgIpc) is 2.61. The van der Waals surface area contributed by atoms with Gasteiger partial charge in [0.25, 0.3) is 5.91 Å². The Balaban J connectivity index is 2.05. The van der Waals surface area contributed by atoms with Crippen molar-refractivity contribution < 1.29 is 9.53 Å². The van der Waals surface area contributed by atoms with Crippen molar-refractivity contribution in [3.63, 3.8) is 0 Å². The highest BCUT2D eigenvalue weighted by Crippen LogP contribution is 2.29. The fraction of sp³-hybridized carbons (Fsp3) is 0.176. The molecule has 2 aromatic carbocycles. The summed E-state index contributed by atoms with van der Waals surface area (Å²) in [5, 5.41) is 8.58. The molecule has 0 aliphatic carbocycles. The Bertz CT molecular complexity index is 816. The van der Waals surface area contributed by atoms with Crippen LogP contribution in [0, 0.1) is 3.57 Å². The Morgan fingerprint density at radius 3 is 2.37 bits per heavy atom. The maximum absolute atomic E-state index is 12.5. The van der Waals surface area contributed by atoms with Gasteiger partial charge in [0, 0.05) is 14.8 Å². The molecule has 0 heterocycles. The van der Waals surface area contributed by atoms with Gasteiger partial charge in [-0.25, -0.2) is 0 Å². The van der Waals surface area contributed by atoms with Gasteiger partial charge in [-0.05, 0) is 77.3 Å². The molecule has 0 radical (unpaired) electrons. The van der Waals surface area contributed by atoms with Gasteiger partial charge in [0.05, 0.1) is 7.11 Å². The fourth-order valence-electron chi connectivity index (χ4n) is 2.02. The predicted molar refractivity (Wildman–Crippen MR) is 123 cm³/mol. The van der Waals surface area contributed by atoms with Crippen LogP contribution in [-0.4, -0.2) is 28.1 Å². The lowest BCUT2D eigenvalue weighted by Gasteiger charge is -2.27. The van der Waals surface area contributed by atoms with Crippen molar-refractivity contribution in [2.75, 3.05) is 12.4 Å². The average molecular weight is 559 g/mol. The predicted octanol–water partition coefficient (Wildman–Crippen LogP) is 4.71. The van der Waals surface area contributed by atoms with Crippen LogP contribution in [0.3, 0.4) is 0 Å². The van der Waals surface area contributed by atoms with Crippen LogP contribution in [0.15, 0.2) is 48.5 Å². The zero-order valence-corrected chi connectivity index (χ0v) is 19.2. The topological polar surface area (TPSA) is 62.4 Å². The molecule has 0 aromatic heterocycles. The van der Waals surface area contributed by atoms with E-state index >= 15 is 0 Å². The van der Waals surface area contributed by atoms with Crippen molar-refractivity contribution in [2.24, 2.45) is 0 Å². The van der Waals surface area contributed by atoms with Crippen LogP contribution in [0.2, 0.25) is 0 Å². The molecule has 1 unspecified atom stereocenters. The van der Waals surface area contributed by atoms with Crippen LogP contribution in [0.4, 0.5) is 5.69 Å². The van der Waals surface area contributed by atoms with E-state index in [9.17, 15) is 4.79 Å². The van der Waals surface area contributed by atoms with E-state index in [-0.39, 0.29) is 5.11 Å². The number of amides is 1. The minimum absolute atomic E-state index is 0.180. The standard InChI is InChI=1S/C17H15Cl3IN3O2S/c1-26-13-7-5-12(6-8-13)22-16(27)24-15(17(18,19)20)23-14(25)10-3-2-4-11(21)9-10/h2-9,15H,1H3,(H,23,25)(H2,22,24,27). The highest BCUT2D eigenvalue weighted by molar-refractivity contribution is 14.1. The van der Waals surface area contributed by atoms with Crippen LogP contribution in [0.25, 0.3) is 0 Å². The van der Waals surface area contributed by atoms with Crippen molar-refractivity contribution >= 4 is 86.3 Å². The molecule has 2 rings (SSSR count). The number of alkyl halides is 3. The first-order valence-electron chi connectivity index (χ1n) is 7.54. The monoisotopic (exact) mass is 557 g/mol. The van der Waals surface area contributed by atoms with Gasteiger partial charge in [0.1, 0.15) is 11.9 Å². The first kappa shape index (κ1) is 22.3. The number of carbonyl (C=O) groups is 1. The van der Waals surface area contributed by atoms with E-state index in [1.54, 1.807) is 49.6 Å². The van der Waals surface area contributed by atoms with E-state index in [0.717, 1.165) is 3.57 Å². The van der Waals surface area contributed by atoms with Crippen LogP contribution >= 0.6 is 69.6 Å². The molecule has 0 aliphatic rings. The molecule has 0 bridgehead atoms. The Morgan fingerprint density at radius 2 is 1.81 bits per heavy atom. The smallest absolute Gasteiger partial charge is 0.253 e. The minimum atomic E-state index is -1.83. The molecule has 10 heteroatoms. The number of methoxy groups -OCH3 is 1. The summed E-state index contributed by atoms with van der Waals surface area (Å²) in [5.74, 6) is 0.313. The van der Waals surface area contributed by atoms with Crippen molar-refractivity contribution in [1.29, 1.82) is 0 Å². The number of hydrogen-bond acceptors (Lipinski definition) is 3. The highest BCUT2D eigenvalue weighted by Gasteiger charge is 2.34. The van der Waals surface area contributed by atoms with Crippen LogP contribution < -0.4 is 20.7 Å². The zero-order chi connectivity index (χ0) is 20.0. The number of hydrogen-bond donors (Lipinski definition) is 3. The third-order valence-electron chi connectivity index (χ3n) is 3.31.